The molecule has 0 atom stereocenters. The van der Waals surface area contributed by atoms with Crippen LogP contribution >= 0.6 is 11.6 Å². The Kier molecular flexibility index (Phi) is 8.08. The van der Waals surface area contributed by atoms with Crippen LogP contribution in [0.15, 0.2) is 77.7 Å². The molecule has 0 aromatic heterocycles. The van der Waals surface area contributed by atoms with E-state index in [2.05, 4.69) is 10.0 Å². The molecule has 9 heteroatoms. The molecule has 0 aliphatic rings. The maximum absolute atomic E-state index is 13.7. The lowest BCUT2D eigenvalue weighted by molar-refractivity contribution is 0.0952. The zero-order valence-electron chi connectivity index (χ0n) is 17.1. The number of nitrogens with one attached hydrogen (secondary N) is 2. The summed E-state index contributed by atoms with van der Waals surface area (Å²) in [5.74, 6) is -0.252. The van der Waals surface area contributed by atoms with Crippen molar-refractivity contribution in [2.24, 2.45) is 0 Å². The van der Waals surface area contributed by atoms with E-state index in [-0.39, 0.29) is 16.5 Å². The van der Waals surface area contributed by atoms with E-state index in [0.717, 1.165) is 24.7 Å². The molecular weight excluding hydrogens is 455 g/mol. The highest BCUT2D eigenvalue weighted by Crippen LogP contribution is 2.19. The second kappa shape index (κ2) is 11.0. The van der Waals surface area contributed by atoms with Crippen molar-refractivity contribution in [3.63, 3.8) is 0 Å². The van der Waals surface area contributed by atoms with Crippen LogP contribution in [0, 0.1) is 5.82 Å². The molecule has 0 unspecified atom stereocenters. The van der Waals surface area contributed by atoms with Gasteiger partial charge in [0.25, 0.3) is 15.9 Å². The first kappa shape index (κ1) is 23.6. The summed E-state index contributed by atoms with van der Waals surface area (Å²) < 4.78 is 46.4. The van der Waals surface area contributed by atoms with Crippen molar-refractivity contribution in [1.29, 1.82) is 0 Å². The maximum atomic E-state index is 13.7. The molecule has 0 aliphatic carbocycles. The minimum atomic E-state index is -3.97. The number of carbonyl (C=O) groups is 1. The highest BCUT2D eigenvalue weighted by molar-refractivity contribution is 7.92. The van der Waals surface area contributed by atoms with Gasteiger partial charge in [-0.3, -0.25) is 9.52 Å². The molecular formula is C23H22ClFN2O4S. The van der Waals surface area contributed by atoms with Crippen LogP contribution in [-0.2, 0) is 10.0 Å². The van der Waals surface area contributed by atoms with Gasteiger partial charge in [0.05, 0.1) is 17.2 Å². The molecule has 6 nitrogen and oxygen atoms in total. The number of amides is 1. The second-order valence-electron chi connectivity index (χ2n) is 6.88. The van der Waals surface area contributed by atoms with Crippen LogP contribution in [0.3, 0.4) is 0 Å². The Morgan fingerprint density at radius 1 is 0.938 bits per heavy atom. The highest BCUT2D eigenvalue weighted by atomic mass is 35.5. The zero-order valence-corrected chi connectivity index (χ0v) is 18.6. The SMILES string of the molecule is O=C(NCCCCOc1ccc(Cl)cc1)c1ccc(S(=O)(=O)Nc2ccccc2F)cc1. The van der Waals surface area contributed by atoms with Crippen LogP contribution in [0.4, 0.5) is 10.1 Å². The fourth-order valence-corrected chi connectivity index (χ4v) is 3.98. The van der Waals surface area contributed by atoms with E-state index < -0.39 is 15.8 Å². The predicted molar refractivity (Wildman–Crippen MR) is 122 cm³/mol. The van der Waals surface area contributed by atoms with E-state index in [0.29, 0.717) is 23.7 Å². The van der Waals surface area contributed by atoms with E-state index in [4.69, 9.17) is 16.3 Å². The molecule has 1 amide bonds. The molecule has 168 valence electrons. The molecule has 0 saturated carbocycles. The van der Waals surface area contributed by atoms with Crippen molar-refractivity contribution < 1.29 is 22.3 Å². The van der Waals surface area contributed by atoms with Crippen LogP contribution in [0.5, 0.6) is 5.75 Å². The molecule has 0 bridgehead atoms. The van der Waals surface area contributed by atoms with Gasteiger partial charge in [-0.15, -0.1) is 0 Å². The number of halogens is 2. The lowest BCUT2D eigenvalue weighted by atomic mass is 10.2. The zero-order chi connectivity index (χ0) is 23.0. The van der Waals surface area contributed by atoms with Crippen molar-refractivity contribution in [3.8, 4) is 5.75 Å². The van der Waals surface area contributed by atoms with Gasteiger partial charge < -0.3 is 10.1 Å². The minimum Gasteiger partial charge on any atom is -0.494 e. The third-order valence-corrected chi connectivity index (χ3v) is 6.12. The number of unbranched alkanes of at least 4 members (excludes halogenated alkanes) is 1. The number of rotatable bonds is 10. The molecule has 0 heterocycles. The Morgan fingerprint density at radius 2 is 1.62 bits per heavy atom. The summed E-state index contributed by atoms with van der Waals surface area (Å²) in [4.78, 5) is 12.2. The maximum Gasteiger partial charge on any atom is 0.261 e. The van der Waals surface area contributed by atoms with Crippen LogP contribution in [0.1, 0.15) is 23.2 Å². The standard InChI is InChI=1S/C23H22ClFN2O4S/c24-18-9-11-19(12-10-18)31-16-4-3-15-26-23(28)17-7-13-20(14-8-17)32(29,30)27-22-6-2-1-5-21(22)25/h1-2,5-14,27H,3-4,15-16H2,(H,26,28). The summed E-state index contributed by atoms with van der Waals surface area (Å²) in [6.45, 7) is 0.969. The van der Waals surface area contributed by atoms with Gasteiger partial charge in [-0.05, 0) is 73.5 Å². The molecule has 3 aromatic carbocycles. The monoisotopic (exact) mass is 476 g/mol. The van der Waals surface area contributed by atoms with E-state index in [1.54, 1.807) is 24.3 Å². The van der Waals surface area contributed by atoms with E-state index in [1.165, 1.54) is 42.5 Å². The Bertz CT molecular complexity index is 1150. The quantitative estimate of drug-likeness (QED) is 0.409. The van der Waals surface area contributed by atoms with Gasteiger partial charge in [-0.2, -0.15) is 0 Å². The smallest absolute Gasteiger partial charge is 0.261 e. The summed E-state index contributed by atoms with van der Waals surface area (Å²) in [5.41, 5.74) is 0.182. The molecule has 3 rings (SSSR count). The number of para-hydroxylation sites is 1. The Labute approximate surface area is 191 Å². The first-order valence-electron chi connectivity index (χ1n) is 9.89. The topological polar surface area (TPSA) is 84.5 Å². The summed E-state index contributed by atoms with van der Waals surface area (Å²) in [5, 5.41) is 3.43. The van der Waals surface area contributed by atoms with E-state index >= 15 is 0 Å². The van der Waals surface area contributed by atoms with Crippen LogP contribution < -0.4 is 14.8 Å². The lowest BCUT2D eigenvalue weighted by Gasteiger charge is -2.10. The van der Waals surface area contributed by atoms with Gasteiger partial charge in [-0.1, -0.05) is 23.7 Å². The van der Waals surface area contributed by atoms with Crippen LogP contribution in [0.2, 0.25) is 5.02 Å². The van der Waals surface area contributed by atoms with Gasteiger partial charge in [0.2, 0.25) is 0 Å². The number of sulfonamides is 1. The van der Waals surface area contributed by atoms with Gasteiger partial charge in [0, 0.05) is 17.1 Å². The Hall–Kier alpha value is -3.10. The van der Waals surface area contributed by atoms with Crippen molar-refractivity contribution in [2.45, 2.75) is 17.7 Å². The molecule has 0 fully saturated rings. The van der Waals surface area contributed by atoms with Crippen molar-refractivity contribution in [1.82, 2.24) is 5.32 Å². The molecule has 3 aromatic rings. The van der Waals surface area contributed by atoms with Gasteiger partial charge >= 0.3 is 0 Å². The molecule has 32 heavy (non-hydrogen) atoms. The Balaban J connectivity index is 1.44. The third-order valence-electron chi connectivity index (χ3n) is 4.48. The van der Waals surface area contributed by atoms with Crippen LogP contribution in [-0.4, -0.2) is 27.5 Å². The molecule has 0 saturated heterocycles. The first-order chi connectivity index (χ1) is 15.3. The Morgan fingerprint density at radius 3 is 2.31 bits per heavy atom. The minimum absolute atomic E-state index is 0.0725. The number of ether oxygens (including phenoxy) is 1. The predicted octanol–water partition coefficient (Wildman–Crippen LogP) is 4.87. The van der Waals surface area contributed by atoms with Crippen molar-refractivity contribution >= 4 is 33.2 Å². The summed E-state index contributed by atoms with van der Waals surface area (Å²) in [7, 11) is -3.97. The number of hydrogen-bond donors (Lipinski definition) is 2. The molecule has 0 radical (unpaired) electrons. The van der Waals surface area contributed by atoms with Crippen molar-refractivity contribution in [3.05, 3.63) is 89.2 Å². The number of hydrogen-bond acceptors (Lipinski definition) is 4. The van der Waals surface area contributed by atoms with Gasteiger partial charge in [-0.25, -0.2) is 12.8 Å². The summed E-state index contributed by atoms with van der Waals surface area (Å²) in [6, 6.07) is 18.0. The van der Waals surface area contributed by atoms with Gasteiger partial charge in [0.15, 0.2) is 0 Å². The lowest BCUT2D eigenvalue weighted by Crippen LogP contribution is -2.24. The van der Waals surface area contributed by atoms with Crippen molar-refractivity contribution in [2.75, 3.05) is 17.9 Å². The fourth-order valence-electron chi connectivity index (χ4n) is 2.79. The summed E-state index contributed by atoms with van der Waals surface area (Å²) in [6.07, 6.45) is 1.47. The fraction of sp³-hybridized carbons (Fsp3) is 0.174. The largest absolute Gasteiger partial charge is 0.494 e. The van der Waals surface area contributed by atoms with E-state index in [9.17, 15) is 17.6 Å². The molecule has 0 spiro atoms. The normalized spacial score (nSPS) is 11.1. The molecule has 0 aliphatic heterocycles. The van der Waals surface area contributed by atoms with Crippen LogP contribution in [0.25, 0.3) is 0 Å². The number of benzene rings is 3. The highest BCUT2D eigenvalue weighted by Gasteiger charge is 2.16. The van der Waals surface area contributed by atoms with Gasteiger partial charge in [0.1, 0.15) is 11.6 Å². The average molecular weight is 477 g/mol. The average Bonchev–Trinajstić information content (AvgIpc) is 2.79. The van der Waals surface area contributed by atoms with E-state index in [1.807, 2.05) is 0 Å². The number of carbonyl (C=O) groups excluding carboxylic acids is 1. The third kappa shape index (κ3) is 6.70. The second-order valence-corrected chi connectivity index (χ2v) is 8.99. The molecule has 2 N–H and O–H groups in total. The number of anilines is 1. The summed E-state index contributed by atoms with van der Waals surface area (Å²) >= 11 is 5.82. The first-order valence-corrected chi connectivity index (χ1v) is 11.8.